The number of carbonyl (C=O) groups excluding carboxylic acids is 1. The highest BCUT2D eigenvalue weighted by molar-refractivity contribution is 5.94. The molecule has 1 atom stereocenters. The van der Waals surface area contributed by atoms with E-state index in [9.17, 15) is 18.0 Å². The van der Waals surface area contributed by atoms with Gasteiger partial charge in [-0.25, -0.2) is 13.2 Å². The summed E-state index contributed by atoms with van der Waals surface area (Å²) < 4.78 is 45.9. The van der Waals surface area contributed by atoms with Gasteiger partial charge >= 0.3 is 0 Å². The largest absolute Gasteiger partial charge is 0.481 e. The van der Waals surface area contributed by atoms with E-state index in [1.54, 1.807) is 6.07 Å². The molecule has 0 bridgehead atoms. The zero-order valence-electron chi connectivity index (χ0n) is 13.5. The van der Waals surface area contributed by atoms with E-state index in [0.717, 1.165) is 17.7 Å². The molecule has 2 aromatic rings. The monoisotopic (exact) mass is 350 g/mol. The van der Waals surface area contributed by atoms with Crippen molar-refractivity contribution in [2.24, 2.45) is 0 Å². The van der Waals surface area contributed by atoms with Crippen LogP contribution in [0.1, 0.15) is 18.1 Å². The highest BCUT2D eigenvalue weighted by atomic mass is 19.2. The van der Waals surface area contributed by atoms with Crippen LogP contribution < -0.4 is 15.4 Å². The maximum Gasteiger partial charge on any atom is 0.265 e. The second-order valence-corrected chi connectivity index (χ2v) is 5.82. The number of benzene rings is 2. The van der Waals surface area contributed by atoms with Crippen LogP contribution in [0.3, 0.4) is 0 Å². The summed E-state index contributed by atoms with van der Waals surface area (Å²) in [6.07, 6.45) is -0.465. The van der Waals surface area contributed by atoms with E-state index >= 15 is 0 Å². The third-order valence-corrected chi connectivity index (χ3v) is 4.04. The Hall–Kier alpha value is -2.54. The van der Waals surface area contributed by atoms with Gasteiger partial charge in [-0.05, 0) is 49.2 Å². The molecule has 3 rings (SSSR count). The van der Waals surface area contributed by atoms with Crippen LogP contribution in [0.2, 0.25) is 0 Å². The number of nitrogens with one attached hydrogen (secondary N) is 2. The molecule has 2 aromatic carbocycles. The number of halogens is 3. The van der Waals surface area contributed by atoms with Gasteiger partial charge in [-0.15, -0.1) is 0 Å². The number of anilines is 1. The zero-order chi connectivity index (χ0) is 18.0. The smallest absolute Gasteiger partial charge is 0.265 e. The average Bonchev–Trinajstić information content (AvgIpc) is 2.60. The number of fused-ring (bicyclic) bond motifs is 1. The van der Waals surface area contributed by atoms with Crippen LogP contribution in [0.15, 0.2) is 30.3 Å². The maximum absolute atomic E-state index is 14.5. The van der Waals surface area contributed by atoms with Crippen LogP contribution in [0.5, 0.6) is 5.75 Å². The molecule has 1 amide bonds. The molecule has 0 aromatic heterocycles. The summed E-state index contributed by atoms with van der Waals surface area (Å²) in [5.74, 6) is -3.10. The van der Waals surface area contributed by atoms with Gasteiger partial charge in [0.25, 0.3) is 5.91 Å². The first kappa shape index (κ1) is 17.3. The molecule has 1 unspecified atom stereocenters. The molecule has 0 aliphatic carbocycles. The molecular weight excluding hydrogens is 333 g/mol. The Morgan fingerprint density at radius 2 is 2.00 bits per heavy atom. The topological polar surface area (TPSA) is 50.4 Å². The van der Waals surface area contributed by atoms with Crippen molar-refractivity contribution in [1.82, 2.24) is 5.32 Å². The highest BCUT2D eigenvalue weighted by Gasteiger charge is 2.21. The first-order chi connectivity index (χ1) is 12.0. The van der Waals surface area contributed by atoms with Gasteiger partial charge in [0.15, 0.2) is 17.7 Å². The minimum atomic E-state index is -1.07. The van der Waals surface area contributed by atoms with Gasteiger partial charge in [-0.2, -0.15) is 0 Å². The summed E-state index contributed by atoms with van der Waals surface area (Å²) in [5, 5.41) is 5.63. The molecule has 1 aliphatic rings. The Labute approximate surface area is 143 Å². The van der Waals surface area contributed by atoms with Crippen molar-refractivity contribution in [2.45, 2.75) is 26.0 Å². The fourth-order valence-corrected chi connectivity index (χ4v) is 2.67. The van der Waals surface area contributed by atoms with Crippen LogP contribution in [0.4, 0.5) is 18.9 Å². The summed E-state index contributed by atoms with van der Waals surface area (Å²) in [6, 6.07) is 6.25. The van der Waals surface area contributed by atoms with Gasteiger partial charge in [0.05, 0.1) is 5.69 Å². The van der Waals surface area contributed by atoms with Crippen LogP contribution in [-0.4, -0.2) is 18.6 Å². The van der Waals surface area contributed by atoms with Crippen molar-refractivity contribution < 1.29 is 22.7 Å². The molecule has 25 heavy (non-hydrogen) atoms. The Morgan fingerprint density at radius 1 is 1.20 bits per heavy atom. The molecule has 0 saturated carbocycles. The lowest BCUT2D eigenvalue weighted by atomic mass is 9.99. The molecule has 1 heterocycles. The van der Waals surface area contributed by atoms with Crippen LogP contribution in [-0.2, 0) is 17.8 Å². The van der Waals surface area contributed by atoms with Crippen LogP contribution in [0, 0.1) is 17.5 Å². The summed E-state index contributed by atoms with van der Waals surface area (Å²) in [4.78, 5) is 12.2. The SMILES string of the molecule is CC(Oc1ccc(F)c(F)c1)C(=O)Nc1ccc2c(c1F)CCNC2. The Morgan fingerprint density at radius 3 is 2.76 bits per heavy atom. The van der Waals surface area contributed by atoms with E-state index in [2.05, 4.69) is 10.6 Å². The third kappa shape index (κ3) is 3.76. The standard InChI is InChI=1S/C18H17F3N2O2/c1-10(25-12-3-4-14(19)15(20)8-12)18(24)23-16-5-2-11-9-22-7-6-13(11)17(16)21/h2-5,8,10,22H,6-7,9H2,1H3,(H,23,24). The molecule has 0 fully saturated rings. The Balaban J connectivity index is 1.70. The van der Waals surface area contributed by atoms with E-state index in [-0.39, 0.29) is 11.4 Å². The van der Waals surface area contributed by atoms with E-state index in [4.69, 9.17) is 4.74 Å². The maximum atomic E-state index is 14.5. The quantitative estimate of drug-likeness (QED) is 0.891. The van der Waals surface area contributed by atoms with Gasteiger partial charge in [0, 0.05) is 12.6 Å². The molecule has 0 radical (unpaired) electrons. The summed E-state index contributed by atoms with van der Waals surface area (Å²) in [6.45, 7) is 2.71. The van der Waals surface area contributed by atoms with Crippen molar-refractivity contribution in [3.05, 3.63) is 58.9 Å². The van der Waals surface area contributed by atoms with E-state index in [0.29, 0.717) is 25.1 Å². The molecule has 1 aliphatic heterocycles. The number of hydrogen-bond acceptors (Lipinski definition) is 3. The Kier molecular flexibility index (Phi) is 4.94. The number of rotatable bonds is 4. The highest BCUT2D eigenvalue weighted by Crippen LogP contribution is 2.25. The van der Waals surface area contributed by atoms with Gasteiger partial charge in [-0.3, -0.25) is 4.79 Å². The van der Waals surface area contributed by atoms with E-state index in [1.807, 2.05) is 0 Å². The minimum Gasteiger partial charge on any atom is -0.481 e. The molecule has 0 spiro atoms. The van der Waals surface area contributed by atoms with Crippen molar-refractivity contribution in [3.63, 3.8) is 0 Å². The fourth-order valence-electron chi connectivity index (χ4n) is 2.67. The average molecular weight is 350 g/mol. The van der Waals surface area contributed by atoms with Gasteiger partial charge in [-0.1, -0.05) is 6.07 Å². The predicted molar refractivity (Wildman–Crippen MR) is 86.9 cm³/mol. The van der Waals surface area contributed by atoms with E-state index in [1.165, 1.54) is 19.1 Å². The number of hydrogen-bond donors (Lipinski definition) is 2. The molecule has 0 saturated heterocycles. The summed E-state index contributed by atoms with van der Waals surface area (Å²) >= 11 is 0. The summed E-state index contributed by atoms with van der Waals surface area (Å²) in [5.41, 5.74) is 1.53. The first-order valence-electron chi connectivity index (χ1n) is 7.89. The van der Waals surface area contributed by atoms with Crippen molar-refractivity contribution in [3.8, 4) is 5.75 Å². The normalized spacial score (nSPS) is 14.6. The lowest BCUT2D eigenvalue weighted by Crippen LogP contribution is -2.31. The minimum absolute atomic E-state index is 0.0125. The molecular formula is C18H17F3N2O2. The molecule has 132 valence electrons. The van der Waals surface area contributed by atoms with Crippen LogP contribution in [0.25, 0.3) is 0 Å². The van der Waals surface area contributed by atoms with Crippen LogP contribution >= 0.6 is 0 Å². The molecule has 2 N–H and O–H groups in total. The second kappa shape index (κ2) is 7.14. The van der Waals surface area contributed by atoms with E-state index < -0.39 is 29.5 Å². The van der Waals surface area contributed by atoms with Gasteiger partial charge in [0.1, 0.15) is 11.6 Å². The Bertz CT molecular complexity index is 811. The van der Waals surface area contributed by atoms with Gasteiger partial charge < -0.3 is 15.4 Å². The lowest BCUT2D eigenvalue weighted by molar-refractivity contribution is -0.122. The second-order valence-electron chi connectivity index (χ2n) is 5.82. The third-order valence-electron chi connectivity index (χ3n) is 4.04. The lowest BCUT2D eigenvalue weighted by Gasteiger charge is -2.20. The first-order valence-corrected chi connectivity index (χ1v) is 7.89. The molecule has 4 nitrogen and oxygen atoms in total. The van der Waals surface area contributed by atoms with Crippen molar-refractivity contribution >= 4 is 11.6 Å². The van der Waals surface area contributed by atoms with Crippen molar-refractivity contribution in [2.75, 3.05) is 11.9 Å². The van der Waals surface area contributed by atoms with Gasteiger partial charge in [0.2, 0.25) is 0 Å². The zero-order valence-corrected chi connectivity index (χ0v) is 13.5. The molecule has 7 heteroatoms. The number of carbonyl (C=O) groups is 1. The van der Waals surface area contributed by atoms with Crippen molar-refractivity contribution in [1.29, 1.82) is 0 Å². The summed E-state index contributed by atoms with van der Waals surface area (Å²) in [7, 11) is 0. The number of amides is 1. The number of ether oxygens (including phenoxy) is 1. The fraction of sp³-hybridized carbons (Fsp3) is 0.278. The predicted octanol–water partition coefficient (Wildman–Crippen LogP) is 3.16.